The highest BCUT2D eigenvalue weighted by atomic mass is 19.1. The molecule has 1 atom stereocenters. The van der Waals surface area contributed by atoms with E-state index < -0.39 is 22.3 Å². The minimum Gasteiger partial charge on any atom is -0.393 e. The third kappa shape index (κ3) is 2.55. The van der Waals surface area contributed by atoms with Crippen molar-refractivity contribution in [2.75, 3.05) is 25.9 Å². The van der Waals surface area contributed by atoms with Gasteiger partial charge in [-0.05, 0) is 19.5 Å². The molecule has 7 nitrogen and oxygen atoms in total. The van der Waals surface area contributed by atoms with Gasteiger partial charge in [0.05, 0.1) is 16.6 Å². The van der Waals surface area contributed by atoms with E-state index in [4.69, 9.17) is 5.73 Å². The Kier molecular flexibility index (Phi) is 3.84. The van der Waals surface area contributed by atoms with Crippen LogP contribution in [-0.2, 0) is 0 Å². The maximum absolute atomic E-state index is 13.4. The Balaban J connectivity index is 2.33. The second kappa shape index (κ2) is 5.41. The van der Waals surface area contributed by atoms with Gasteiger partial charge in [-0.25, -0.2) is 4.39 Å². The van der Waals surface area contributed by atoms with Gasteiger partial charge in [-0.3, -0.25) is 14.9 Å². The average molecular weight is 282 g/mol. The number of hydrogen-bond donors (Lipinski definition) is 2. The second-order valence-electron chi connectivity index (χ2n) is 4.67. The fourth-order valence-corrected chi connectivity index (χ4v) is 2.28. The summed E-state index contributed by atoms with van der Waals surface area (Å²) in [5.41, 5.74) is 4.58. The van der Waals surface area contributed by atoms with E-state index in [1.807, 2.05) is 0 Å². The van der Waals surface area contributed by atoms with Gasteiger partial charge in [0.1, 0.15) is 11.5 Å². The van der Waals surface area contributed by atoms with E-state index >= 15 is 0 Å². The summed E-state index contributed by atoms with van der Waals surface area (Å²) in [6.07, 6.45) is 0.777. The number of rotatable bonds is 3. The van der Waals surface area contributed by atoms with Crippen LogP contribution in [0.4, 0.5) is 15.8 Å². The van der Waals surface area contributed by atoms with Crippen molar-refractivity contribution in [1.82, 2.24) is 10.2 Å². The van der Waals surface area contributed by atoms with Crippen LogP contribution < -0.4 is 11.1 Å². The lowest BCUT2D eigenvalue weighted by atomic mass is 10.1. The van der Waals surface area contributed by atoms with Gasteiger partial charge >= 0.3 is 0 Å². The van der Waals surface area contributed by atoms with Crippen LogP contribution >= 0.6 is 0 Å². The van der Waals surface area contributed by atoms with Gasteiger partial charge in [-0.1, -0.05) is 0 Å². The molecule has 1 aliphatic heterocycles. The monoisotopic (exact) mass is 282 g/mol. The molecule has 1 fully saturated rings. The number of likely N-dealkylation sites (tertiary alicyclic amines) is 1. The zero-order valence-corrected chi connectivity index (χ0v) is 10.9. The number of halogens is 1. The summed E-state index contributed by atoms with van der Waals surface area (Å²) in [5.74, 6) is -1.33. The van der Waals surface area contributed by atoms with E-state index in [0.29, 0.717) is 19.2 Å². The Morgan fingerprint density at radius 3 is 2.85 bits per heavy atom. The second-order valence-corrected chi connectivity index (χ2v) is 4.67. The van der Waals surface area contributed by atoms with E-state index in [0.717, 1.165) is 12.5 Å². The molecule has 0 aromatic heterocycles. The predicted molar refractivity (Wildman–Crippen MR) is 70.8 cm³/mol. The van der Waals surface area contributed by atoms with Gasteiger partial charge in [0.2, 0.25) is 0 Å². The molecule has 0 spiro atoms. The zero-order valence-electron chi connectivity index (χ0n) is 10.9. The number of anilines is 1. The number of nitrogen functional groups attached to an aromatic ring is 1. The maximum atomic E-state index is 13.4. The first kappa shape index (κ1) is 14.2. The van der Waals surface area contributed by atoms with Crippen molar-refractivity contribution < 1.29 is 14.1 Å². The number of hydrogen-bond acceptors (Lipinski definition) is 5. The number of likely N-dealkylation sites (N-methyl/N-ethyl adjacent to an activating group) is 1. The SMILES string of the molecule is CNC1CCN(C(=O)c2cc(F)cc([N+](=O)[O-])c2N)C1. The largest absolute Gasteiger partial charge is 0.393 e. The standard InChI is InChI=1S/C12H15FN4O3/c1-15-8-2-3-16(6-8)12(18)9-4-7(13)5-10(11(9)14)17(19)20/h4-5,8,15H,2-3,6,14H2,1H3. The van der Waals surface area contributed by atoms with E-state index in [9.17, 15) is 19.3 Å². The lowest BCUT2D eigenvalue weighted by Gasteiger charge is -2.17. The fraction of sp³-hybridized carbons (Fsp3) is 0.417. The van der Waals surface area contributed by atoms with Crippen LogP contribution in [0.1, 0.15) is 16.8 Å². The summed E-state index contributed by atoms with van der Waals surface area (Å²) in [5, 5.41) is 13.8. The topological polar surface area (TPSA) is 102 Å². The molecule has 1 aromatic carbocycles. The van der Waals surface area contributed by atoms with Crippen molar-refractivity contribution in [2.24, 2.45) is 0 Å². The normalized spacial score (nSPS) is 18.3. The number of nitro groups is 1. The van der Waals surface area contributed by atoms with Crippen LogP contribution in [0.5, 0.6) is 0 Å². The molecule has 20 heavy (non-hydrogen) atoms. The summed E-state index contributed by atoms with van der Waals surface area (Å²) in [4.78, 5) is 23.8. The van der Waals surface area contributed by atoms with Crippen LogP contribution in [0.15, 0.2) is 12.1 Å². The lowest BCUT2D eigenvalue weighted by Crippen LogP contribution is -2.33. The quantitative estimate of drug-likeness (QED) is 0.484. The highest BCUT2D eigenvalue weighted by Gasteiger charge is 2.29. The molecule has 108 valence electrons. The summed E-state index contributed by atoms with van der Waals surface area (Å²) in [6, 6.07) is 1.83. The van der Waals surface area contributed by atoms with Crippen molar-refractivity contribution in [2.45, 2.75) is 12.5 Å². The predicted octanol–water partition coefficient (Wildman–Crippen LogP) is 0.750. The summed E-state index contributed by atoms with van der Waals surface area (Å²) in [7, 11) is 1.79. The first-order valence-electron chi connectivity index (χ1n) is 6.14. The van der Waals surface area contributed by atoms with Crippen molar-refractivity contribution in [1.29, 1.82) is 0 Å². The van der Waals surface area contributed by atoms with Gasteiger partial charge in [0, 0.05) is 19.1 Å². The minimum absolute atomic E-state index is 0.159. The molecule has 1 aromatic rings. The molecule has 0 radical (unpaired) electrons. The molecule has 1 amide bonds. The van der Waals surface area contributed by atoms with Crippen molar-refractivity contribution in [3.63, 3.8) is 0 Å². The molecule has 1 saturated heterocycles. The highest BCUT2D eigenvalue weighted by Crippen LogP contribution is 2.28. The molecule has 0 saturated carbocycles. The van der Waals surface area contributed by atoms with Crippen molar-refractivity contribution in [3.05, 3.63) is 33.6 Å². The van der Waals surface area contributed by atoms with Gasteiger partial charge in [0.15, 0.2) is 0 Å². The van der Waals surface area contributed by atoms with Crippen LogP contribution in [0.25, 0.3) is 0 Å². The lowest BCUT2D eigenvalue weighted by molar-refractivity contribution is -0.384. The Hall–Kier alpha value is -2.22. The van der Waals surface area contributed by atoms with E-state index in [2.05, 4.69) is 5.32 Å². The zero-order chi connectivity index (χ0) is 14.9. The van der Waals surface area contributed by atoms with Gasteiger partial charge in [-0.2, -0.15) is 0 Å². The molecule has 1 heterocycles. The smallest absolute Gasteiger partial charge is 0.295 e. The molecule has 0 aliphatic carbocycles. The molecular formula is C12H15FN4O3. The Labute approximate surface area is 114 Å². The van der Waals surface area contributed by atoms with E-state index in [1.165, 1.54) is 4.90 Å². The highest BCUT2D eigenvalue weighted by molar-refractivity contribution is 6.01. The van der Waals surface area contributed by atoms with Crippen LogP contribution in [0.2, 0.25) is 0 Å². The van der Waals surface area contributed by atoms with Crippen LogP contribution in [0, 0.1) is 15.9 Å². The van der Waals surface area contributed by atoms with Crippen LogP contribution in [-0.4, -0.2) is 41.9 Å². The fourth-order valence-electron chi connectivity index (χ4n) is 2.28. The molecule has 8 heteroatoms. The molecule has 2 rings (SSSR count). The third-order valence-electron chi connectivity index (χ3n) is 3.43. The number of nitrogens with zero attached hydrogens (tertiary/aromatic N) is 2. The Morgan fingerprint density at radius 2 is 2.30 bits per heavy atom. The summed E-state index contributed by atoms with van der Waals surface area (Å²) < 4.78 is 13.4. The molecular weight excluding hydrogens is 267 g/mol. The van der Waals surface area contributed by atoms with Crippen molar-refractivity contribution in [3.8, 4) is 0 Å². The number of nitrogens with one attached hydrogen (secondary N) is 1. The Bertz CT molecular complexity index is 564. The van der Waals surface area contributed by atoms with Crippen LogP contribution in [0.3, 0.4) is 0 Å². The summed E-state index contributed by atoms with van der Waals surface area (Å²) >= 11 is 0. The molecule has 0 bridgehead atoms. The number of carbonyl (C=O) groups is 1. The minimum atomic E-state index is -0.849. The summed E-state index contributed by atoms with van der Waals surface area (Å²) in [6.45, 7) is 0.979. The number of nitrogens with two attached hydrogens (primary N) is 1. The number of amides is 1. The van der Waals surface area contributed by atoms with E-state index in [-0.39, 0.29) is 17.3 Å². The number of nitro benzene ring substituents is 1. The van der Waals surface area contributed by atoms with E-state index in [1.54, 1.807) is 7.05 Å². The Morgan fingerprint density at radius 1 is 1.60 bits per heavy atom. The van der Waals surface area contributed by atoms with Crippen molar-refractivity contribution >= 4 is 17.3 Å². The first-order chi connectivity index (χ1) is 9.43. The molecule has 1 unspecified atom stereocenters. The van der Waals surface area contributed by atoms with Gasteiger partial charge in [0.25, 0.3) is 11.6 Å². The number of benzene rings is 1. The third-order valence-corrected chi connectivity index (χ3v) is 3.43. The molecule has 3 N–H and O–H groups in total. The maximum Gasteiger partial charge on any atom is 0.295 e. The average Bonchev–Trinajstić information content (AvgIpc) is 2.88. The molecule has 1 aliphatic rings. The number of carbonyl (C=O) groups excluding carboxylic acids is 1. The first-order valence-corrected chi connectivity index (χ1v) is 6.14. The van der Waals surface area contributed by atoms with Gasteiger partial charge in [-0.15, -0.1) is 0 Å². The van der Waals surface area contributed by atoms with Gasteiger partial charge < -0.3 is 16.0 Å².